The van der Waals surface area contributed by atoms with Crippen molar-refractivity contribution in [1.29, 1.82) is 5.41 Å². The quantitative estimate of drug-likeness (QED) is 0.491. The lowest BCUT2D eigenvalue weighted by Gasteiger charge is -2.20. The molecule has 0 atom stereocenters. The zero-order chi connectivity index (χ0) is 23.2. The topological polar surface area (TPSA) is 73.8 Å². The fourth-order valence-electron chi connectivity index (χ4n) is 3.96. The zero-order valence-electron chi connectivity index (χ0n) is 18.2. The van der Waals surface area contributed by atoms with Gasteiger partial charge in [-0.2, -0.15) is 15.1 Å². The van der Waals surface area contributed by atoms with Crippen LogP contribution in [0.4, 0.5) is 0 Å². The van der Waals surface area contributed by atoms with Crippen LogP contribution in [0.3, 0.4) is 0 Å². The van der Waals surface area contributed by atoms with Crippen LogP contribution in [0.2, 0.25) is 10.0 Å². The molecule has 0 bridgehead atoms. The fraction of sp³-hybridized carbons (Fsp3) is 0.304. The molecule has 0 spiro atoms. The third kappa shape index (κ3) is 4.05. The number of aromatic nitrogens is 1. The van der Waals surface area contributed by atoms with E-state index in [4.69, 9.17) is 28.6 Å². The van der Waals surface area contributed by atoms with Gasteiger partial charge in [0.2, 0.25) is 5.17 Å². The summed E-state index contributed by atoms with van der Waals surface area (Å²) in [6.07, 6.45) is 3.62. The molecule has 2 aromatic rings. The molecule has 2 aliphatic heterocycles. The maximum Gasteiger partial charge on any atom is 0.283 e. The zero-order valence-corrected chi connectivity index (χ0v) is 20.6. The van der Waals surface area contributed by atoms with Crippen molar-refractivity contribution in [3.8, 4) is 5.69 Å². The number of halogens is 2. The van der Waals surface area contributed by atoms with E-state index in [1.807, 2.05) is 36.6 Å². The summed E-state index contributed by atoms with van der Waals surface area (Å²) >= 11 is 13.8. The number of aliphatic imine (C=N–C) groups is 1. The highest BCUT2D eigenvalue weighted by atomic mass is 35.5. The molecular weight excluding hydrogens is 465 g/mol. The molecule has 166 valence electrons. The lowest BCUT2D eigenvalue weighted by molar-refractivity contribution is -0.114. The normalized spacial score (nSPS) is 17.3. The number of nitrogens with one attached hydrogen (secondary N) is 1. The second-order valence-electron chi connectivity index (χ2n) is 7.76. The van der Waals surface area contributed by atoms with E-state index in [9.17, 15) is 4.79 Å². The molecule has 1 aromatic carbocycles. The Morgan fingerprint density at radius 2 is 1.78 bits per heavy atom. The van der Waals surface area contributed by atoms with Crippen molar-refractivity contribution in [3.05, 3.63) is 56.8 Å². The van der Waals surface area contributed by atoms with E-state index < -0.39 is 5.91 Å². The number of hydrogen-bond acceptors (Lipinski definition) is 4. The number of fused-ring (bicyclic) bond motifs is 1. The number of hydrogen-bond donors (Lipinski definition) is 1. The second kappa shape index (κ2) is 8.89. The first kappa shape index (κ1) is 22.8. The van der Waals surface area contributed by atoms with E-state index in [-0.39, 0.29) is 11.4 Å². The summed E-state index contributed by atoms with van der Waals surface area (Å²) in [6, 6.07) is 7.33. The number of aryl methyl sites for hydroxylation is 1. The Morgan fingerprint density at radius 3 is 2.41 bits per heavy atom. The van der Waals surface area contributed by atoms with Gasteiger partial charge in [0.1, 0.15) is 5.04 Å². The first-order valence-corrected chi connectivity index (χ1v) is 12.0. The second-order valence-corrected chi connectivity index (χ2v) is 9.62. The number of carbonyl (C=O) groups excluding carboxylic acids is 1. The predicted octanol–water partition coefficient (Wildman–Crippen LogP) is 6.46. The molecular formula is C23H23Cl2N5OS. The summed E-state index contributed by atoms with van der Waals surface area (Å²) in [5.74, 6) is -0.0820. The number of hydrazone groups is 1. The number of thioether (sulfide) groups is 1. The van der Waals surface area contributed by atoms with Crippen LogP contribution in [0.15, 0.2) is 39.9 Å². The van der Waals surface area contributed by atoms with Gasteiger partial charge in [0.05, 0.1) is 5.57 Å². The van der Waals surface area contributed by atoms with E-state index >= 15 is 0 Å². The molecule has 32 heavy (non-hydrogen) atoms. The number of rotatable bonds is 5. The molecule has 1 amide bonds. The lowest BCUT2D eigenvalue weighted by atomic mass is 10.1. The monoisotopic (exact) mass is 487 g/mol. The minimum atomic E-state index is -0.426. The smallest absolute Gasteiger partial charge is 0.283 e. The molecule has 3 heterocycles. The van der Waals surface area contributed by atoms with Crippen LogP contribution in [0.5, 0.6) is 0 Å². The molecule has 0 saturated carbocycles. The summed E-state index contributed by atoms with van der Waals surface area (Å²) in [5.41, 5.74) is 3.73. The Kier molecular flexibility index (Phi) is 6.34. The lowest BCUT2D eigenvalue weighted by Crippen LogP contribution is -2.35. The Balaban J connectivity index is 1.73. The van der Waals surface area contributed by atoms with Crippen LogP contribution >= 0.6 is 35.0 Å². The Hall–Kier alpha value is -2.35. The number of carbonyl (C=O) groups is 1. The summed E-state index contributed by atoms with van der Waals surface area (Å²) in [6.45, 7) is 8.15. The van der Waals surface area contributed by atoms with E-state index in [1.54, 1.807) is 12.1 Å². The average molecular weight is 488 g/mol. The molecule has 9 heteroatoms. The van der Waals surface area contributed by atoms with Gasteiger partial charge < -0.3 is 4.57 Å². The average Bonchev–Trinajstić information content (AvgIpc) is 3.26. The van der Waals surface area contributed by atoms with Crippen molar-refractivity contribution >= 4 is 63.0 Å². The summed E-state index contributed by atoms with van der Waals surface area (Å²) in [7, 11) is 0. The summed E-state index contributed by atoms with van der Waals surface area (Å²) in [4.78, 5) is 17.0. The Morgan fingerprint density at radius 1 is 1.12 bits per heavy atom. The van der Waals surface area contributed by atoms with Crippen molar-refractivity contribution in [2.75, 3.05) is 0 Å². The maximum atomic E-state index is 12.8. The fourth-order valence-corrected chi connectivity index (χ4v) is 5.64. The Labute approximate surface area is 201 Å². The van der Waals surface area contributed by atoms with Gasteiger partial charge in [-0.15, -0.1) is 0 Å². The number of nitrogens with zero attached hydrogens (tertiary/aromatic N) is 4. The molecule has 0 saturated heterocycles. The summed E-state index contributed by atoms with van der Waals surface area (Å²) in [5, 5.41) is 17.2. The van der Waals surface area contributed by atoms with E-state index in [0.717, 1.165) is 40.5 Å². The van der Waals surface area contributed by atoms with Crippen molar-refractivity contribution in [2.24, 2.45) is 16.0 Å². The summed E-state index contributed by atoms with van der Waals surface area (Å²) < 4.78 is 2.02. The minimum absolute atomic E-state index is 0.0454. The highest BCUT2D eigenvalue weighted by Gasteiger charge is 2.37. The van der Waals surface area contributed by atoms with Crippen molar-refractivity contribution < 1.29 is 4.79 Å². The highest BCUT2D eigenvalue weighted by molar-refractivity contribution is 8.27. The maximum absolute atomic E-state index is 12.8. The van der Waals surface area contributed by atoms with Gasteiger partial charge >= 0.3 is 0 Å². The van der Waals surface area contributed by atoms with Gasteiger partial charge in [-0.05, 0) is 74.4 Å². The molecule has 6 nitrogen and oxygen atoms in total. The van der Waals surface area contributed by atoms with Gasteiger partial charge in [0, 0.05) is 33.0 Å². The van der Waals surface area contributed by atoms with E-state index in [1.165, 1.54) is 16.8 Å². The van der Waals surface area contributed by atoms with Gasteiger partial charge in [0.25, 0.3) is 5.91 Å². The van der Waals surface area contributed by atoms with E-state index in [2.05, 4.69) is 23.9 Å². The predicted molar refractivity (Wildman–Crippen MR) is 134 cm³/mol. The minimum Gasteiger partial charge on any atom is -0.318 e. The number of amidine groups is 2. The third-order valence-corrected chi connectivity index (χ3v) is 7.19. The van der Waals surface area contributed by atoms with Crippen LogP contribution in [0.25, 0.3) is 11.8 Å². The molecule has 1 N–H and O–H groups in total. The largest absolute Gasteiger partial charge is 0.318 e. The molecule has 1 aromatic heterocycles. The molecule has 0 unspecified atom stereocenters. The van der Waals surface area contributed by atoms with Crippen LogP contribution in [-0.2, 0) is 4.79 Å². The Bertz CT molecular complexity index is 1200. The highest BCUT2D eigenvalue weighted by Crippen LogP contribution is 2.34. The standard InChI is InChI=1S/C23H23Cl2N5OS/c1-5-14(6-2)22-28-30-20(26)19(21(31)27-23(30)32-22)8-15-7-12(3)29(13(15)4)18-10-16(24)9-17(25)11-18/h7-11,14,26H,5-6H2,1-4H3/b19-8+,26-20?. The molecule has 0 aliphatic carbocycles. The SMILES string of the molecule is CCC(CC)C1=NN2C(=N)/C(=C\c3cc(C)n(-c4cc(Cl)cc(Cl)c4)c3C)C(=O)N=C2S1. The van der Waals surface area contributed by atoms with Crippen molar-refractivity contribution in [2.45, 2.75) is 40.5 Å². The van der Waals surface area contributed by atoms with Crippen molar-refractivity contribution in [1.82, 2.24) is 9.58 Å². The van der Waals surface area contributed by atoms with Crippen LogP contribution in [0, 0.1) is 25.2 Å². The third-order valence-electron chi connectivity index (χ3n) is 5.68. The van der Waals surface area contributed by atoms with Gasteiger partial charge in [-0.3, -0.25) is 10.2 Å². The number of benzene rings is 1. The van der Waals surface area contributed by atoms with Gasteiger partial charge in [0.15, 0.2) is 5.84 Å². The van der Waals surface area contributed by atoms with Crippen LogP contribution < -0.4 is 0 Å². The van der Waals surface area contributed by atoms with Gasteiger partial charge in [-0.1, -0.05) is 37.0 Å². The van der Waals surface area contributed by atoms with Crippen molar-refractivity contribution in [3.63, 3.8) is 0 Å². The molecule has 2 aliphatic rings. The molecule has 0 radical (unpaired) electrons. The molecule has 0 fully saturated rings. The first-order valence-electron chi connectivity index (χ1n) is 10.4. The van der Waals surface area contributed by atoms with E-state index in [0.29, 0.717) is 21.1 Å². The van der Waals surface area contributed by atoms with Crippen LogP contribution in [-0.4, -0.2) is 31.5 Å². The number of amides is 1. The van der Waals surface area contributed by atoms with Crippen LogP contribution in [0.1, 0.15) is 43.6 Å². The molecule has 4 rings (SSSR count). The first-order chi connectivity index (χ1) is 15.2. The van der Waals surface area contributed by atoms with Gasteiger partial charge in [-0.25, -0.2) is 0 Å².